The van der Waals surface area contributed by atoms with Crippen LogP contribution in [-0.4, -0.2) is 46.3 Å². The molecule has 3 rings (SSSR count). The summed E-state index contributed by atoms with van der Waals surface area (Å²) in [7, 11) is 2.00. The minimum absolute atomic E-state index is 0.143. The van der Waals surface area contributed by atoms with Crippen molar-refractivity contribution in [3.63, 3.8) is 0 Å². The van der Waals surface area contributed by atoms with Crippen molar-refractivity contribution in [2.24, 2.45) is 0 Å². The lowest BCUT2D eigenvalue weighted by molar-refractivity contribution is 0.439. The van der Waals surface area contributed by atoms with E-state index in [1.807, 2.05) is 7.05 Å². The molecule has 7 heteroatoms. The molecule has 1 fully saturated rings. The molecule has 0 bridgehead atoms. The van der Waals surface area contributed by atoms with Crippen molar-refractivity contribution in [3.05, 3.63) is 28.6 Å². The minimum Gasteiger partial charge on any atom is -0.339 e. The second-order valence-corrected chi connectivity index (χ2v) is 4.96. The number of aromatic nitrogens is 4. The molecule has 1 aliphatic heterocycles. The van der Waals surface area contributed by atoms with E-state index in [0.29, 0.717) is 23.5 Å². The van der Waals surface area contributed by atoms with Crippen LogP contribution in [0.2, 0.25) is 0 Å². The molecule has 20 heavy (non-hydrogen) atoms. The molecular weight excluding hydrogens is 256 g/mol. The zero-order chi connectivity index (χ0) is 13.9. The van der Waals surface area contributed by atoms with E-state index in [1.54, 1.807) is 12.1 Å². The fourth-order valence-corrected chi connectivity index (χ4v) is 2.47. The van der Waals surface area contributed by atoms with Gasteiger partial charge in [0.25, 0.3) is 0 Å². The van der Waals surface area contributed by atoms with E-state index in [9.17, 15) is 4.79 Å². The fourth-order valence-electron chi connectivity index (χ4n) is 2.47. The van der Waals surface area contributed by atoms with Gasteiger partial charge < -0.3 is 15.2 Å². The summed E-state index contributed by atoms with van der Waals surface area (Å²) in [6, 6.07) is 5.56. The van der Waals surface area contributed by atoms with E-state index >= 15 is 0 Å². The van der Waals surface area contributed by atoms with E-state index in [0.717, 1.165) is 25.9 Å². The summed E-state index contributed by atoms with van der Waals surface area (Å²) < 4.78 is 0. The van der Waals surface area contributed by atoms with Crippen LogP contribution < -0.4 is 15.8 Å². The highest BCUT2D eigenvalue weighted by molar-refractivity contribution is 5.50. The molecule has 0 aliphatic carbocycles. The number of anilines is 1. The van der Waals surface area contributed by atoms with Gasteiger partial charge >= 0.3 is 0 Å². The molecule has 0 spiro atoms. The molecule has 3 heterocycles. The van der Waals surface area contributed by atoms with Crippen LogP contribution in [0, 0.1) is 0 Å². The first kappa shape index (κ1) is 12.9. The first-order valence-electron chi connectivity index (χ1n) is 6.80. The number of hydrogen-bond donors (Lipinski definition) is 3. The molecule has 3 N–H and O–H groups in total. The number of pyridine rings is 1. The highest BCUT2D eigenvalue weighted by atomic mass is 16.1. The summed E-state index contributed by atoms with van der Waals surface area (Å²) in [6.45, 7) is 1.88. The Balaban J connectivity index is 1.76. The van der Waals surface area contributed by atoms with Gasteiger partial charge in [-0.15, -0.1) is 5.10 Å². The highest BCUT2D eigenvalue weighted by Crippen LogP contribution is 2.18. The van der Waals surface area contributed by atoms with Gasteiger partial charge in [0.1, 0.15) is 0 Å². The summed E-state index contributed by atoms with van der Waals surface area (Å²) in [6.07, 6.45) is 2.17. The Kier molecular flexibility index (Phi) is 3.51. The van der Waals surface area contributed by atoms with E-state index in [-0.39, 0.29) is 5.56 Å². The molecule has 0 aromatic carbocycles. The standard InChI is InChI=1S/C13H18N6O/c1-14-9-5-7-19(8-6-9)13-16-12(17-18-13)10-3-2-4-11(20)15-10/h2-4,9,14H,5-8H2,1H3,(H,15,20)(H,16,17,18). The topological polar surface area (TPSA) is 89.7 Å². The molecular formula is C13H18N6O. The van der Waals surface area contributed by atoms with Crippen LogP contribution in [0.4, 0.5) is 5.95 Å². The van der Waals surface area contributed by atoms with Crippen molar-refractivity contribution in [1.29, 1.82) is 0 Å². The second-order valence-electron chi connectivity index (χ2n) is 4.96. The van der Waals surface area contributed by atoms with Crippen molar-refractivity contribution < 1.29 is 0 Å². The molecule has 0 amide bonds. The van der Waals surface area contributed by atoms with Gasteiger partial charge in [0.15, 0.2) is 5.82 Å². The zero-order valence-corrected chi connectivity index (χ0v) is 11.4. The summed E-state index contributed by atoms with van der Waals surface area (Å²) >= 11 is 0. The Morgan fingerprint density at radius 3 is 2.85 bits per heavy atom. The Labute approximate surface area is 116 Å². The Bertz CT molecular complexity index is 626. The average molecular weight is 274 g/mol. The number of rotatable bonds is 3. The predicted octanol–water partition coefficient (Wildman–Crippen LogP) is 0.348. The summed E-state index contributed by atoms with van der Waals surface area (Å²) in [5.41, 5.74) is 0.511. The monoisotopic (exact) mass is 274 g/mol. The number of H-pyrrole nitrogens is 2. The first-order chi connectivity index (χ1) is 9.76. The van der Waals surface area contributed by atoms with Gasteiger partial charge in [-0.2, -0.15) is 4.98 Å². The molecule has 0 atom stereocenters. The predicted molar refractivity (Wildman–Crippen MR) is 76.7 cm³/mol. The fraction of sp³-hybridized carbons (Fsp3) is 0.462. The molecule has 0 saturated carbocycles. The lowest BCUT2D eigenvalue weighted by Gasteiger charge is -2.30. The molecule has 0 radical (unpaired) electrons. The largest absolute Gasteiger partial charge is 0.339 e. The SMILES string of the molecule is CNC1CCN(c2n[nH]c(-c3cccc(=O)[nH]3)n2)CC1. The number of aromatic amines is 2. The smallest absolute Gasteiger partial charge is 0.248 e. The highest BCUT2D eigenvalue weighted by Gasteiger charge is 2.20. The van der Waals surface area contributed by atoms with Gasteiger partial charge in [-0.25, -0.2) is 0 Å². The number of nitrogens with zero attached hydrogens (tertiary/aromatic N) is 3. The van der Waals surface area contributed by atoms with Crippen molar-refractivity contribution in [2.75, 3.05) is 25.0 Å². The third-order valence-electron chi connectivity index (χ3n) is 3.68. The average Bonchev–Trinajstić information content (AvgIpc) is 2.97. The van der Waals surface area contributed by atoms with Crippen LogP contribution in [0.3, 0.4) is 0 Å². The van der Waals surface area contributed by atoms with Crippen LogP contribution in [-0.2, 0) is 0 Å². The third kappa shape index (κ3) is 2.57. The number of piperidine rings is 1. The normalized spacial score (nSPS) is 16.6. The van der Waals surface area contributed by atoms with Crippen LogP contribution >= 0.6 is 0 Å². The number of hydrogen-bond acceptors (Lipinski definition) is 5. The Morgan fingerprint density at radius 2 is 2.15 bits per heavy atom. The van der Waals surface area contributed by atoms with Gasteiger partial charge in [0, 0.05) is 25.2 Å². The summed E-state index contributed by atoms with van der Waals surface area (Å²) in [5.74, 6) is 1.28. The molecule has 1 saturated heterocycles. The zero-order valence-electron chi connectivity index (χ0n) is 11.4. The van der Waals surface area contributed by atoms with Crippen LogP contribution in [0.1, 0.15) is 12.8 Å². The lowest BCUT2D eigenvalue weighted by Crippen LogP contribution is -2.41. The van der Waals surface area contributed by atoms with Gasteiger partial charge in [-0.1, -0.05) is 6.07 Å². The third-order valence-corrected chi connectivity index (χ3v) is 3.68. The number of nitrogens with one attached hydrogen (secondary N) is 3. The van der Waals surface area contributed by atoms with E-state index in [2.05, 4.69) is 30.4 Å². The van der Waals surface area contributed by atoms with Crippen LogP contribution in [0.15, 0.2) is 23.0 Å². The Hall–Kier alpha value is -2.15. The van der Waals surface area contributed by atoms with Gasteiger partial charge in [-0.3, -0.25) is 9.89 Å². The maximum Gasteiger partial charge on any atom is 0.248 e. The first-order valence-corrected chi connectivity index (χ1v) is 6.80. The maximum atomic E-state index is 11.3. The second kappa shape index (κ2) is 5.46. The van der Waals surface area contributed by atoms with Crippen molar-refractivity contribution in [2.45, 2.75) is 18.9 Å². The van der Waals surface area contributed by atoms with Crippen LogP contribution in [0.25, 0.3) is 11.5 Å². The molecule has 1 aliphatic rings. The molecule has 2 aromatic rings. The van der Waals surface area contributed by atoms with Gasteiger partial charge in [0.05, 0.1) is 5.69 Å². The molecule has 106 valence electrons. The summed E-state index contributed by atoms with van der Waals surface area (Å²) in [5, 5.41) is 10.4. The lowest BCUT2D eigenvalue weighted by atomic mass is 10.1. The van der Waals surface area contributed by atoms with Crippen molar-refractivity contribution in [1.82, 2.24) is 25.5 Å². The van der Waals surface area contributed by atoms with Crippen molar-refractivity contribution >= 4 is 5.95 Å². The van der Waals surface area contributed by atoms with Gasteiger partial charge in [-0.05, 0) is 26.0 Å². The summed E-state index contributed by atoms with van der Waals surface area (Å²) in [4.78, 5) is 20.7. The maximum absolute atomic E-state index is 11.3. The Morgan fingerprint density at radius 1 is 1.35 bits per heavy atom. The molecule has 0 unspecified atom stereocenters. The minimum atomic E-state index is -0.143. The van der Waals surface area contributed by atoms with E-state index < -0.39 is 0 Å². The van der Waals surface area contributed by atoms with Crippen LogP contribution in [0.5, 0.6) is 0 Å². The molecule has 7 nitrogen and oxygen atoms in total. The van der Waals surface area contributed by atoms with Crippen molar-refractivity contribution in [3.8, 4) is 11.5 Å². The van der Waals surface area contributed by atoms with E-state index in [4.69, 9.17) is 0 Å². The quantitative estimate of drug-likeness (QED) is 0.751. The van der Waals surface area contributed by atoms with E-state index in [1.165, 1.54) is 6.07 Å². The van der Waals surface area contributed by atoms with Gasteiger partial charge in [0.2, 0.25) is 11.5 Å². The molecule has 2 aromatic heterocycles.